The second-order valence-corrected chi connectivity index (χ2v) is 6.71. The Morgan fingerprint density at radius 3 is 2.09 bits per heavy atom. The monoisotopic (exact) mass is 300 g/mol. The van der Waals surface area contributed by atoms with E-state index in [1.165, 1.54) is 36.9 Å². The van der Waals surface area contributed by atoms with Crippen molar-refractivity contribution in [2.45, 2.75) is 16.7 Å². The van der Waals surface area contributed by atoms with Crippen LogP contribution >= 0.6 is 11.8 Å². The third-order valence-corrected chi connectivity index (χ3v) is 5.04. The van der Waals surface area contributed by atoms with E-state index in [2.05, 4.69) is 85.8 Å². The van der Waals surface area contributed by atoms with E-state index in [1.54, 1.807) is 0 Å². The molecule has 1 heteroatoms. The average molecular weight is 300 g/mol. The number of hydrogen-bond acceptors (Lipinski definition) is 1. The first kappa shape index (κ1) is 13.4. The Hall–Kier alpha value is -2.25. The van der Waals surface area contributed by atoms with E-state index in [0.29, 0.717) is 0 Å². The zero-order chi connectivity index (χ0) is 14.9. The molecule has 0 saturated carbocycles. The molecule has 4 rings (SSSR count). The first-order valence-electron chi connectivity index (χ1n) is 7.46. The highest BCUT2D eigenvalue weighted by Crippen LogP contribution is 2.35. The lowest BCUT2D eigenvalue weighted by atomic mass is 10.0. The van der Waals surface area contributed by atoms with Crippen LogP contribution in [0.3, 0.4) is 0 Å². The van der Waals surface area contributed by atoms with E-state index in [9.17, 15) is 0 Å². The van der Waals surface area contributed by atoms with Crippen molar-refractivity contribution in [1.29, 1.82) is 0 Å². The molecule has 0 amide bonds. The molecule has 0 aliphatic rings. The maximum absolute atomic E-state index is 2.31. The Morgan fingerprint density at radius 2 is 1.32 bits per heavy atom. The van der Waals surface area contributed by atoms with E-state index < -0.39 is 0 Å². The Labute approximate surface area is 134 Å². The summed E-state index contributed by atoms with van der Waals surface area (Å²) in [4.78, 5) is 2.60. The maximum Gasteiger partial charge on any atom is 0.0201 e. The molecule has 0 radical (unpaired) electrons. The van der Waals surface area contributed by atoms with Crippen LogP contribution in [0.2, 0.25) is 0 Å². The molecule has 0 heterocycles. The molecule has 0 spiro atoms. The van der Waals surface area contributed by atoms with Crippen LogP contribution in [0.4, 0.5) is 0 Å². The molecule has 0 saturated heterocycles. The molecular formula is C21H16S. The van der Waals surface area contributed by atoms with Gasteiger partial charge in [0.25, 0.3) is 0 Å². The van der Waals surface area contributed by atoms with Crippen molar-refractivity contribution in [3.05, 3.63) is 84.4 Å². The van der Waals surface area contributed by atoms with E-state index in [0.717, 1.165) is 0 Å². The fourth-order valence-corrected chi connectivity index (χ4v) is 3.72. The predicted molar refractivity (Wildman–Crippen MR) is 96.8 cm³/mol. The second kappa shape index (κ2) is 5.51. The topological polar surface area (TPSA) is 0 Å². The molecule has 22 heavy (non-hydrogen) atoms. The van der Waals surface area contributed by atoms with Crippen LogP contribution in [-0.2, 0) is 0 Å². The van der Waals surface area contributed by atoms with Crippen LogP contribution in [0.5, 0.6) is 0 Å². The van der Waals surface area contributed by atoms with Gasteiger partial charge in [0, 0.05) is 9.79 Å². The molecule has 0 atom stereocenters. The predicted octanol–water partition coefficient (Wildman–Crippen LogP) is 6.45. The van der Waals surface area contributed by atoms with Gasteiger partial charge in [-0.2, -0.15) is 0 Å². The first-order chi connectivity index (χ1) is 10.8. The van der Waals surface area contributed by atoms with Gasteiger partial charge in [-0.25, -0.2) is 0 Å². The number of rotatable bonds is 2. The highest BCUT2D eigenvalue weighted by Gasteiger charge is 2.05. The van der Waals surface area contributed by atoms with Gasteiger partial charge in [0.1, 0.15) is 0 Å². The van der Waals surface area contributed by atoms with Crippen LogP contribution in [-0.4, -0.2) is 0 Å². The van der Waals surface area contributed by atoms with Crippen molar-refractivity contribution >= 4 is 33.3 Å². The van der Waals surface area contributed by atoms with Gasteiger partial charge in [-0.1, -0.05) is 65.9 Å². The molecule has 0 bridgehead atoms. The third kappa shape index (κ3) is 2.49. The average Bonchev–Trinajstić information content (AvgIpc) is 2.55. The Morgan fingerprint density at radius 1 is 0.636 bits per heavy atom. The highest BCUT2D eigenvalue weighted by molar-refractivity contribution is 7.99. The van der Waals surface area contributed by atoms with E-state index >= 15 is 0 Å². The largest absolute Gasteiger partial charge is 0.0895 e. The normalized spacial score (nSPS) is 11.1. The zero-order valence-corrected chi connectivity index (χ0v) is 13.2. The number of aryl methyl sites for hydroxylation is 1. The van der Waals surface area contributed by atoms with Crippen molar-refractivity contribution in [2.75, 3.05) is 0 Å². The second-order valence-electron chi connectivity index (χ2n) is 5.59. The van der Waals surface area contributed by atoms with E-state index in [4.69, 9.17) is 0 Å². The van der Waals surface area contributed by atoms with Crippen LogP contribution in [0, 0.1) is 6.92 Å². The smallest absolute Gasteiger partial charge is 0.0201 e. The lowest BCUT2D eigenvalue weighted by Gasteiger charge is -2.08. The molecular weight excluding hydrogens is 284 g/mol. The van der Waals surface area contributed by atoms with Gasteiger partial charge in [0.2, 0.25) is 0 Å². The summed E-state index contributed by atoms with van der Waals surface area (Å²) in [7, 11) is 0. The molecule has 4 aromatic carbocycles. The molecule has 4 aromatic rings. The number of hydrogen-bond donors (Lipinski definition) is 0. The fourth-order valence-electron chi connectivity index (χ4n) is 2.76. The molecule has 106 valence electrons. The van der Waals surface area contributed by atoms with Gasteiger partial charge < -0.3 is 0 Å². The van der Waals surface area contributed by atoms with Crippen LogP contribution in [0.1, 0.15) is 5.56 Å². The summed E-state index contributed by atoms with van der Waals surface area (Å²) in [6.45, 7) is 2.12. The third-order valence-electron chi connectivity index (χ3n) is 3.96. The lowest BCUT2D eigenvalue weighted by molar-refractivity contribution is 1.37. The zero-order valence-electron chi connectivity index (χ0n) is 12.4. The van der Waals surface area contributed by atoms with Crippen molar-refractivity contribution in [2.24, 2.45) is 0 Å². The van der Waals surface area contributed by atoms with Crippen molar-refractivity contribution in [1.82, 2.24) is 0 Å². The Balaban J connectivity index is 1.86. The summed E-state index contributed by atoms with van der Waals surface area (Å²) in [5, 5.41) is 5.22. The number of benzene rings is 4. The van der Waals surface area contributed by atoms with Crippen LogP contribution < -0.4 is 0 Å². The van der Waals surface area contributed by atoms with Gasteiger partial charge >= 0.3 is 0 Å². The molecule has 0 aliphatic carbocycles. The van der Waals surface area contributed by atoms with Gasteiger partial charge in [0.05, 0.1) is 0 Å². The first-order valence-corrected chi connectivity index (χ1v) is 8.27. The maximum atomic E-state index is 2.31. The quantitative estimate of drug-likeness (QED) is 0.383. The summed E-state index contributed by atoms with van der Waals surface area (Å²) >= 11 is 1.83. The molecule has 0 fully saturated rings. The molecule has 0 unspecified atom stereocenters. The molecule has 0 N–H and O–H groups in total. The number of fused-ring (bicyclic) bond motifs is 2. The summed E-state index contributed by atoms with van der Waals surface area (Å²) in [5.74, 6) is 0. The fraction of sp³-hybridized carbons (Fsp3) is 0.0476. The van der Waals surface area contributed by atoms with Gasteiger partial charge in [-0.15, -0.1) is 0 Å². The van der Waals surface area contributed by atoms with Gasteiger partial charge in [-0.05, 0) is 58.8 Å². The van der Waals surface area contributed by atoms with Crippen molar-refractivity contribution in [3.63, 3.8) is 0 Å². The Kier molecular flexibility index (Phi) is 3.36. The summed E-state index contributed by atoms with van der Waals surface area (Å²) in [5.41, 5.74) is 1.30. The van der Waals surface area contributed by atoms with Crippen LogP contribution in [0.15, 0.2) is 88.7 Å². The van der Waals surface area contributed by atoms with Crippen molar-refractivity contribution in [3.8, 4) is 0 Å². The minimum absolute atomic E-state index is 1.28. The summed E-state index contributed by atoms with van der Waals surface area (Å²) in [6, 6.07) is 28.4. The summed E-state index contributed by atoms with van der Waals surface area (Å²) < 4.78 is 0. The molecule has 0 aliphatic heterocycles. The highest BCUT2D eigenvalue weighted by atomic mass is 32.2. The summed E-state index contributed by atoms with van der Waals surface area (Å²) in [6.07, 6.45) is 0. The van der Waals surface area contributed by atoms with Crippen molar-refractivity contribution < 1.29 is 0 Å². The molecule has 0 aromatic heterocycles. The van der Waals surface area contributed by atoms with Crippen LogP contribution in [0.25, 0.3) is 21.5 Å². The minimum Gasteiger partial charge on any atom is -0.0895 e. The molecule has 0 nitrogen and oxygen atoms in total. The van der Waals surface area contributed by atoms with Gasteiger partial charge in [0.15, 0.2) is 0 Å². The Bertz CT molecular complexity index is 952. The van der Waals surface area contributed by atoms with Gasteiger partial charge in [-0.3, -0.25) is 0 Å². The standard InChI is InChI=1S/C21H16S/c1-15-9-11-19(12-10-15)22-21-8-4-7-18-13-16-5-2-3-6-17(16)14-20(18)21/h2-14H,1H3. The SMILES string of the molecule is Cc1ccc(Sc2cccc3cc4ccccc4cc23)cc1. The lowest BCUT2D eigenvalue weighted by Crippen LogP contribution is -1.81. The van der Waals surface area contributed by atoms with E-state index in [-0.39, 0.29) is 0 Å². The minimum atomic E-state index is 1.28. The van der Waals surface area contributed by atoms with E-state index in [1.807, 2.05) is 11.8 Å².